The summed E-state index contributed by atoms with van der Waals surface area (Å²) in [5.74, 6) is -0.422. The Morgan fingerprint density at radius 3 is 1.35 bits per heavy atom. The first-order valence-electron chi connectivity index (χ1n) is 19.2. The standard InChI is InChI=1S/C47H68O4/c1-36(26-28-42-40(5)22-16-32-46(42,7)8)18-14-20-38(3)30-34-50-44(48)24-12-11-13-25-45(49)51-35-31-39(4)21-15-19-37(2)27-29-43-41(6)23-17-33-47(43,9)10/h14-15,18-21,26-31H,11-13,16-17,22-25,32-35H2,1-10H3. The van der Waals surface area contributed by atoms with Crippen LogP contribution >= 0.6 is 0 Å². The van der Waals surface area contributed by atoms with Gasteiger partial charge in [-0.3, -0.25) is 9.59 Å². The van der Waals surface area contributed by atoms with E-state index in [1.54, 1.807) is 0 Å². The molecule has 0 heterocycles. The predicted molar refractivity (Wildman–Crippen MR) is 217 cm³/mol. The molecule has 4 nitrogen and oxygen atoms in total. The maximum atomic E-state index is 12.1. The molecule has 0 N–H and O–H groups in total. The van der Waals surface area contributed by atoms with Gasteiger partial charge in [0.2, 0.25) is 0 Å². The van der Waals surface area contributed by atoms with E-state index in [2.05, 4.69) is 91.8 Å². The zero-order chi connectivity index (χ0) is 37.9. The molecule has 2 rings (SSSR count). The van der Waals surface area contributed by atoms with Crippen LogP contribution in [0, 0.1) is 10.8 Å². The first kappa shape index (κ1) is 43.5. The highest BCUT2D eigenvalue weighted by Crippen LogP contribution is 2.41. The summed E-state index contributed by atoms with van der Waals surface area (Å²) in [6.07, 6.45) is 35.5. The van der Waals surface area contributed by atoms with Crippen LogP contribution in [0.15, 0.2) is 117 Å². The number of hydrogen-bond donors (Lipinski definition) is 0. The van der Waals surface area contributed by atoms with E-state index in [9.17, 15) is 9.59 Å². The van der Waals surface area contributed by atoms with E-state index in [4.69, 9.17) is 9.47 Å². The lowest BCUT2D eigenvalue weighted by Gasteiger charge is -2.33. The molecule has 0 unspecified atom stereocenters. The minimum absolute atomic E-state index is 0.211. The Morgan fingerprint density at radius 1 is 0.588 bits per heavy atom. The Balaban J connectivity index is 1.60. The van der Waals surface area contributed by atoms with Crippen LogP contribution in [0.3, 0.4) is 0 Å². The summed E-state index contributed by atoms with van der Waals surface area (Å²) < 4.78 is 10.7. The van der Waals surface area contributed by atoms with Crippen molar-refractivity contribution in [2.45, 2.75) is 140 Å². The second-order valence-electron chi connectivity index (χ2n) is 15.9. The predicted octanol–water partition coefficient (Wildman–Crippen LogP) is 13.1. The van der Waals surface area contributed by atoms with Gasteiger partial charge in [-0.1, -0.05) is 128 Å². The zero-order valence-electron chi connectivity index (χ0n) is 33.8. The maximum absolute atomic E-state index is 12.1. The Morgan fingerprint density at radius 2 is 0.980 bits per heavy atom. The fraction of sp³-hybridized carbons (Fsp3) is 0.532. The van der Waals surface area contributed by atoms with Crippen LogP contribution in [0.5, 0.6) is 0 Å². The fourth-order valence-electron chi connectivity index (χ4n) is 6.79. The van der Waals surface area contributed by atoms with E-state index in [1.165, 1.54) is 72.0 Å². The maximum Gasteiger partial charge on any atom is 0.306 e. The van der Waals surface area contributed by atoms with Crippen LogP contribution in [-0.4, -0.2) is 25.2 Å². The summed E-state index contributed by atoms with van der Waals surface area (Å²) >= 11 is 0. The Hall–Kier alpha value is -3.66. The van der Waals surface area contributed by atoms with E-state index in [0.717, 1.165) is 17.6 Å². The molecule has 51 heavy (non-hydrogen) atoms. The lowest BCUT2D eigenvalue weighted by atomic mass is 9.72. The lowest BCUT2D eigenvalue weighted by molar-refractivity contribution is -0.142. The first-order chi connectivity index (χ1) is 24.1. The van der Waals surface area contributed by atoms with Crippen molar-refractivity contribution in [2.75, 3.05) is 13.2 Å². The SMILES string of the molecule is CC(C=CC1=C(C)CCCC1(C)C)=CC=CC(C)=CCOC(=O)CCCCCC(=O)OCC=C(C)C=CC=C(C)C=CC1=C(C)CCCC1(C)C. The van der Waals surface area contributed by atoms with Crippen LogP contribution in [0.2, 0.25) is 0 Å². The van der Waals surface area contributed by atoms with Crippen molar-refractivity contribution in [3.63, 3.8) is 0 Å². The van der Waals surface area contributed by atoms with Crippen molar-refractivity contribution in [2.24, 2.45) is 10.8 Å². The minimum Gasteiger partial charge on any atom is -0.461 e. The van der Waals surface area contributed by atoms with Crippen LogP contribution in [0.1, 0.15) is 140 Å². The highest BCUT2D eigenvalue weighted by atomic mass is 16.5. The summed E-state index contributed by atoms with van der Waals surface area (Å²) in [6, 6.07) is 0. The van der Waals surface area contributed by atoms with Crippen molar-refractivity contribution in [3.05, 3.63) is 117 Å². The van der Waals surface area contributed by atoms with Gasteiger partial charge in [0.15, 0.2) is 0 Å². The number of hydrogen-bond acceptors (Lipinski definition) is 4. The summed E-state index contributed by atoms with van der Waals surface area (Å²) in [7, 11) is 0. The third-order valence-electron chi connectivity index (χ3n) is 10.1. The number of esters is 2. The molecule has 0 aliphatic heterocycles. The molecular formula is C47H68O4. The summed E-state index contributed by atoms with van der Waals surface area (Å²) in [4.78, 5) is 24.3. The van der Waals surface area contributed by atoms with Crippen molar-refractivity contribution < 1.29 is 19.1 Å². The molecule has 0 aromatic rings. The topological polar surface area (TPSA) is 52.6 Å². The molecule has 0 aromatic heterocycles. The molecule has 0 saturated carbocycles. The molecule has 0 spiro atoms. The first-order valence-corrected chi connectivity index (χ1v) is 19.2. The number of carbonyl (C=O) groups excluding carboxylic acids is 2. The second kappa shape index (κ2) is 22.3. The van der Waals surface area contributed by atoms with E-state index >= 15 is 0 Å². The quantitative estimate of drug-likeness (QED) is 0.0813. The van der Waals surface area contributed by atoms with Crippen LogP contribution in [0.4, 0.5) is 0 Å². The average Bonchev–Trinajstić information content (AvgIpc) is 3.03. The normalized spacial score (nSPS) is 19.3. The lowest BCUT2D eigenvalue weighted by Crippen LogP contribution is -2.19. The highest BCUT2D eigenvalue weighted by molar-refractivity contribution is 5.70. The largest absolute Gasteiger partial charge is 0.461 e. The molecular weight excluding hydrogens is 629 g/mol. The molecule has 0 atom stereocenters. The zero-order valence-corrected chi connectivity index (χ0v) is 33.8. The Labute approximate surface area is 311 Å². The van der Waals surface area contributed by atoms with Gasteiger partial charge in [0.05, 0.1) is 0 Å². The van der Waals surface area contributed by atoms with Gasteiger partial charge in [0.1, 0.15) is 13.2 Å². The third-order valence-corrected chi connectivity index (χ3v) is 10.1. The number of ether oxygens (including phenoxy) is 2. The molecule has 0 amide bonds. The van der Waals surface area contributed by atoms with Crippen molar-refractivity contribution in [1.29, 1.82) is 0 Å². The van der Waals surface area contributed by atoms with E-state index in [0.29, 0.717) is 25.7 Å². The summed E-state index contributed by atoms with van der Waals surface area (Å²) in [6.45, 7) is 22.6. The number of rotatable bonds is 18. The molecule has 0 aromatic carbocycles. The van der Waals surface area contributed by atoms with Gasteiger partial charge < -0.3 is 9.47 Å². The van der Waals surface area contributed by atoms with E-state index < -0.39 is 0 Å². The van der Waals surface area contributed by atoms with Crippen molar-refractivity contribution >= 4 is 11.9 Å². The number of allylic oxidation sites excluding steroid dienone is 18. The van der Waals surface area contributed by atoms with Crippen molar-refractivity contribution in [1.82, 2.24) is 0 Å². The third kappa shape index (κ3) is 17.4. The second-order valence-corrected chi connectivity index (χ2v) is 15.9. The van der Waals surface area contributed by atoms with Gasteiger partial charge in [-0.25, -0.2) is 0 Å². The molecule has 0 saturated heterocycles. The van der Waals surface area contributed by atoms with Gasteiger partial charge in [0.25, 0.3) is 0 Å². The molecule has 2 aliphatic carbocycles. The summed E-state index contributed by atoms with van der Waals surface area (Å²) in [5.41, 5.74) is 10.9. The number of unbranched alkanes of at least 4 members (excludes halogenated alkanes) is 2. The average molecular weight is 697 g/mol. The molecule has 0 radical (unpaired) electrons. The van der Waals surface area contributed by atoms with Gasteiger partial charge in [-0.15, -0.1) is 0 Å². The van der Waals surface area contributed by atoms with Gasteiger partial charge in [-0.05, 0) is 127 Å². The fourth-order valence-corrected chi connectivity index (χ4v) is 6.79. The minimum atomic E-state index is -0.211. The smallest absolute Gasteiger partial charge is 0.306 e. The monoisotopic (exact) mass is 697 g/mol. The molecule has 280 valence electrons. The van der Waals surface area contributed by atoms with Gasteiger partial charge in [-0.2, -0.15) is 0 Å². The van der Waals surface area contributed by atoms with Gasteiger partial charge in [0, 0.05) is 12.8 Å². The molecule has 2 aliphatic rings. The number of carbonyl (C=O) groups is 2. The van der Waals surface area contributed by atoms with Gasteiger partial charge >= 0.3 is 11.9 Å². The Kier molecular flexibility index (Phi) is 19.0. The molecule has 0 fully saturated rings. The van der Waals surface area contributed by atoms with Crippen molar-refractivity contribution in [3.8, 4) is 0 Å². The van der Waals surface area contributed by atoms with E-state index in [-0.39, 0.29) is 36.0 Å². The molecule has 0 bridgehead atoms. The summed E-state index contributed by atoms with van der Waals surface area (Å²) in [5, 5.41) is 0. The Bertz CT molecular complexity index is 1380. The van der Waals surface area contributed by atoms with Crippen LogP contribution < -0.4 is 0 Å². The van der Waals surface area contributed by atoms with Crippen LogP contribution in [0.25, 0.3) is 0 Å². The van der Waals surface area contributed by atoms with E-state index in [1.807, 2.05) is 50.3 Å². The molecule has 4 heteroatoms. The highest BCUT2D eigenvalue weighted by Gasteiger charge is 2.27. The van der Waals surface area contributed by atoms with Crippen LogP contribution in [-0.2, 0) is 19.1 Å².